The monoisotopic (exact) mass is 240 g/mol. The Morgan fingerprint density at radius 2 is 1.67 bits per heavy atom. The number of aliphatic hydroxyl groups is 3. The van der Waals surface area contributed by atoms with Crippen LogP contribution in [0.1, 0.15) is 0 Å². The Hall–Kier alpha value is 0.150. The molecule has 0 rings (SSSR count). The normalized spacial score (nSPS) is 13.0. The molecule has 0 saturated carbocycles. The van der Waals surface area contributed by atoms with E-state index < -0.39 is 6.10 Å². The Morgan fingerprint density at radius 3 is 2.27 bits per heavy atom. The van der Waals surface area contributed by atoms with Crippen molar-refractivity contribution in [1.82, 2.24) is 0 Å². The Balaban J connectivity index is 2.92. The van der Waals surface area contributed by atoms with Gasteiger partial charge in [-0.15, -0.1) is 0 Å². The highest BCUT2D eigenvalue weighted by atomic mass is 32.2. The summed E-state index contributed by atoms with van der Waals surface area (Å²) in [4.78, 5) is 0. The van der Waals surface area contributed by atoms with Gasteiger partial charge < -0.3 is 24.8 Å². The quantitative estimate of drug-likeness (QED) is 0.406. The second-order valence-corrected chi connectivity index (χ2v) is 4.01. The fourth-order valence-electron chi connectivity index (χ4n) is 0.776. The minimum absolute atomic E-state index is 0.0366. The first-order valence-corrected chi connectivity index (χ1v) is 6.09. The van der Waals surface area contributed by atoms with Crippen LogP contribution in [0.4, 0.5) is 0 Å². The zero-order valence-corrected chi connectivity index (χ0v) is 9.62. The van der Waals surface area contributed by atoms with Crippen LogP contribution < -0.4 is 0 Å². The third-order valence-corrected chi connectivity index (χ3v) is 2.58. The molecule has 0 aliphatic heterocycles. The lowest BCUT2D eigenvalue weighted by Crippen LogP contribution is -2.15. The highest BCUT2D eigenvalue weighted by molar-refractivity contribution is 7.99. The summed E-state index contributed by atoms with van der Waals surface area (Å²) in [6.45, 7) is 1.80. The van der Waals surface area contributed by atoms with Gasteiger partial charge in [-0.2, -0.15) is 11.8 Å². The molecule has 3 N–H and O–H groups in total. The van der Waals surface area contributed by atoms with Crippen molar-refractivity contribution in [3.05, 3.63) is 0 Å². The average Bonchev–Trinajstić information content (AvgIpc) is 2.26. The fourth-order valence-corrected chi connectivity index (χ4v) is 1.56. The minimum Gasteiger partial charge on any atom is -0.394 e. The lowest BCUT2D eigenvalue weighted by atomic mass is 10.4. The molecule has 0 fully saturated rings. The summed E-state index contributed by atoms with van der Waals surface area (Å²) in [6.07, 6.45) is -0.636. The zero-order valence-electron chi connectivity index (χ0n) is 8.80. The van der Waals surface area contributed by atoms with E-state index in [1.165, 1.54) is 11.8 Å². The van der Waals surface area contributed by atoms with Gasteiger partial charge in [0.15, 0.2) is 0 Å². The number of aliphatic hydroxyl groups excluding tert-OH is 3. The van der Waals surface area contributed by atoms with Gasteiger partial charge in [-0.25, -0.2) is 0 Å². The molecule has 5 nitrogen and oxygen atoms in total. The predicted molar refractivity (Wildman–Crippen MR) is 59.1 cm³/mol. The lowest BCUT2D eigenvalue weighted by molar-refractivity contribution is 0.0377. The summed E-state index contributed by atoms with van der Waals surface area (Å²) in [7, 11) is 0. The molecule has 0 aliphatic carbocycles. The summed E-state index contributed by atoms with van der Waals surface area (Å²) < 4.78 is 10.2. The maximum absolute atomic E-state index is 9.00. The summed E-state index contributed by atoms with van der Waals surface area (Å²) >= 11 is 1.54. The lowest BCUT2D eigenvalue weighted by Gasteiger charge is -2.07. The second kappa shape index (κ2) is 12.2. The maximum Gasteiger partial charge on any atom is 0.0861 e. The number of hydrogen-bond donors (Lipinski definition) is 3. The van der Waals surface area contributed by atoms with E-state index in [9.17, 15) is 0 Å². The van der Waals surface area contributed by atoms with Gasteiger partial charge in [-0.05, 0) is 0 Å². The van der Waals surface area contributed by atoms with Gasteiger partial charge in [0.1, 0.15) is 0 Å². The molecular weight excluding hydrogens is 220 g/mol. The molecule has 0 aromatic heterocycles. The van der Waals surface area contributed by atoms with Gasteiger partial charge in [0.05, 0.1) is 45.7 Å². The van der Waals surface area contributed by atoms with Crippen LogP contribution in [0.3, 0.4) is 0 Å². The van der Waals surface area contributed by atoms with E-state index in [-0.39, 0.29) is 13.2 Å². The topological polar surface area (TPSA) is 79.2 Å². The Labute approximate surface area is 94.4 Å². The maximum atomic E-state index is 9.00. The van der Waals surface area contributed by atoms with E-state index in [0.29, 0.717) is 32.2 Å². The van der Waals surface area contributed by atoms with Crippen LogP contribution >= 0.6 is 11.8 Å². The molecule has 0 aromatic rings. The highest BCUT2D eigenvalue weighted by Crippen LogP contribution is 2.02. The number of hydrogen-bond acceptors (Lipinski definition) is 6. The van der Waals surface area contributed by atoms with Gasteiger partial charge in [0.25, 0.3) is 0 Å². The Kier molecular flexibility index (Phi) is 12.3. The predicted octanol–water partition coefficient (Wildman–Crippen LogP) is -0.902. The molecule has 1 atom stereocenters. The van der Waals surface area contributed by atoms with Crippen LogP contribution in [0.5, 0.6) is 0 Å². The van der Waals surface area contributed by atoms with Crippen LogP contribution in [0.2, 0.25) is 0 Å². The van der Waals surface area contributed by atoms with E-state index >= 15 is 0 Å². The molecule has 0 bridgehead atoms. The van der Waals surface area contributed by atoms with E-state index in [1.54, 1.807) is 0 Å². The van der Waals surface area contributed by atoms with Crippen LogP contribution in [-0.4, -0.2) is 72.6 Å². The van der Waals surface area contributed by atoms with Crippen molar-refractivity contribution < 1.29 is 24.8 Å². The molecule has 6 heteroatoms. The molecule has 0 saturated heterocycles. The molecule has 0 radical (unpaired) electrons. The Morgan fingerprint density at radius 1 is 1.00 bits per heavy atom. The number of thioether (sulfide) groups is 1. The first kappa shape index (κ1) is 15.2. The van der Waals surface area contributed by atoms with Gasteiger partial charge in [-0.1, -0.05) is 0 Å². The largest absolute Gasteiger partial charge is 0.394 e. The van der Waals surface area contributed by atoms with Crippen LogP contribution in [0.15, 0.2) is 0 Å². The van der Waals surface area contributed by atoms with E-state index in [1.807, 2.05) is 0 Å². The standard InChI is InChI=1S/C9H20O5S/c10-1-2-13-3-4-14-5-6-15-8-9(12)7-11/h9-12H,1-8H2. The van der Waals surface area contributed by atoms with E-state index in [4.69, 9.17) is 24.8 Å². The zero-order chi connectivity index (χ0) is 11.4. The van der Waals surface area contributed by atoms with Crippen molar-refractivity contribution in [2.75, 3.05) is 51.1 Å². The van der Waals surface area contributed by atoms with Crippen molar-refractivity contribution in [3.8, 4) is 0 Å². The summed E-state index contributed by atoms with van der Waals surface area (Å²) in [5.74, 6) is 1.32. The SMILES string of the molecule is OCCOCCOCCSCC(O)CO. The van der Waals surface area contributed by atoms with E-state index in [2.05, 4.69) is 0 Å². The first-order chi connectivity index (χ1) is 7.31. The molecule has 0 aliphatic rings. The van der Waals surface area contributed by atoms with Crippen molar-refractivity contribution in [3.63, 3.8) is 0 Å². The average molecular weight is 240 g/mol. The van der Waals surface area contributed by atoms with Gasteiger partial charge in [-0.3, -0.25) is 0 Å². The summed E-state index contributed by atoms with van der Waals surface area (Å²) in [5, 5.41) is 25.9. The molecule has 1 unspecified atom stereocenters. The fraction of sp³-hybridized carbons (Fsp3) is 1.00. The third kappa shape index (κ3) is 12.1. The third-order valence-electron chi connectivity index (χ3n) is 1.50. The molecule has 0 spiro atoms. The second-order valence-electron chi connectivity index (χ2n) is 2.86. The molecule has 0 heterocycles. The number of rotatable bonds is 11. The molecule has 0 amide bonds. The summed E-state index contributed by atoms with van der Waals surface area (Å²) in [6, 6.07) is 0. The first-order valence-electron chi connectivity index (χ1n) is 4.94. The highest BCUT2D eigenvalue weighted by Gasteiger charge is 2.00. The van der Waals surface area contributed by atoms with Crippen LogP contribution in [0.25, 0.3) is 0 Å². The summed E-state index contributed by atoms with van der Waals surface area (Å²) in [5.41, 5.74) is 0. The van der Waals surface area contributed by atoms with Gasteiger partial charge >= 0.3 is 0 Å². The molecule has 92 valence electrons. The van der Waals surface area contributed by atoms with Crippen LogP contribution in [0, 0.1) is 0 Å². The van der Waals surface area contributed by atoms with Crippen molar-refractivity contribution in [2.24, 2.45) is 0 Å². The van der Waals surface area contributed by atoms with Crippen molar-refractivity contribution in [2.45, 2.75) is 6.10 Å². The van der Waals surface area contributed by atoms with Gasteiger partial charge in [0.2, 0.25) is 0 Å². The molecule has 15 heavy (non-hydrogen) atoms. The van der Waals surface area contributed by atoms with E-state index in [0.717, 1.165) is 5.75 Å². The smallest absolute Gasteiger partial charge is 0.0861 e. The van der Waals surface area contributed by atoms with Crippen LogP contribution in [-0.2, 0) is 9.47 Å². The molecular formula is C9H20O5S. The van der Waals surface area contributed by atoms with Gasteiger partial charge in [0, 0.05) is 11.5 Å². The van der Waals surface area contributed by atoms with Crippen molar-refractivity contribution in [1.29, 1.82) is 0 Å². The minimum atomic E-state index is -0.636. The van der Waals surface area contributed by atoms with Crippen molar-refractivity contribution >= 4 is 11.8 Å². The number of ether oxygens (including phenoxy) is 2. The Bertz CT molecular complexity index is 125. The molecule has 0 aromatic carbocycles.